The zero-order chi connectivity index (χ0) is 15.3. The van der Waals surface area contributed by atoms with Gasteiger partial charge in [0.15, 0.2) is 12.0 Å². The predicted octanol–water partition coefficient (Wildman–Crippen LogP) is 2.61. The molecule has 0 saturated heterocycles. The lowest BCUT2D eigenvalue weighted by atomic mass is 10.0. The Balaban J connectivity index is 1.75. The molecule has 7 heteroatoms. The molecule has 0 amide bonds. The van der Waals surface area contributed by atoms with Crippen LogP contribution in [0.5, 0.6) is 0 Å². The third-order valence-corrected chi connectivity index (χ3v) is 6.60. The molecule has 1 aliphatic heterocycles. The van der Waals surface area contributed by atoms with Crippen LogP contribution in [0.3, 0.4) is 0 Å². The molecule has 0 bridgehead atoms. The third-order valence-electron chi connectivity index (χ3n) is 4.57. The van der Waals surface area contributed by atoms with Crippen LogP contribution in [-0.4, -0.2) is 28.4 Å². The highest BCUT2D eigenvalue weighted by Crippen LogP contribution is 2.40. The molecule has 0 unspecified atom stereocenters. The molecule has 4 rings (SSSR count). The Kier molecular flexibility index (Phi) is 3.07. The summed E-state index contributed by atoms with van der Waals surface area (Å²) in [7, 11) is -3.52. The Morgan fingerprint density at radius 1 is 1.18 bits per heavy atom. The zero-order valence-electron chi connectivity index (χ0n) is 11.9. The van der Waals surface area contributed by atoms with Crippen LogP contribution in [0.25, 0.3) is 0 Å². The molecule has 1 aliphatic carbocycles. The van der Waals surface area contributed by atoms with Gasteiger partial charge in [0.05, 0.1) is 11.3 Å². The first-order chi connectivity index (χ1) is 10.6. The summed E-state index contributed by atoms with van der Waals surface area (Å²) in [5.41, 5.74) is 0.918. The fraction of sp³-hybridized carbons (Fsp3) is 0.467. The van der Waals surface area contributed by atoms with Crippen LogP contribution in [0.4, 0.5) is 4.39 Å². The lowest BCUT2D eigenvalue weighted by molar-refractivity contribution is 0.326. The normalized spacial score (nSPS) is 25.0. The van der Waals surface area contributed by atoms with Gasteiger partial charge < -0.3 is 0 Å². The Bertz CT molecular complexity index is 799. The van der Waals surface area contributed by atoms with E-state index in [0.717, 1.165) is 12.0 Å². The van der Waals surface area contributed by atoms with Gasteiger partial charge in [-0.3, -0.25) is 0 Å². The van der Waals surface area contributed by atoms with Gasteiger partial charge in [0.25, 0.3) is 5.16 Å². The Morgan fingerprint density at radius 3 is 2.55 bits per heavy atom. The topological polar surface area (TPSA) is 64.8 Å². The fourth-order valence-electron chi connectivity index (χ4n) is 3.06. The summed E-state index contributed by atoms with van der Waals surface area (Å²) in [6, 6.07) is 9.15. The van der Waals surface area contributed by atoms with Crippen molar-refractivity contribution in [2.45, 2.75) is 48.3 Å². The summed E-state index contributed by atoms with van der Waals surface area (Å²) >= 11 is 0. The van der Waals surface area contributed by atoms with Crippen LogP contribution in [0.1, 0.15) is 49.3 Å². The highest BCUT2D eigenvalue weighted by Gasteiger charge is 2.41. The van der Waals surface area contributed by atoms with E-state index in [0.29, 0.717) is 12.8 Å². The molecule has 2 aromatic rings. The summed E-state index contributed by atoms with van der Waals surface area (Å²) in [5.74, 6) is 0.131. The molecule has 1 aromatic carbocycles. The van der Waals surface area contributed by atoms with E-state index in [2.05, 4.69) is 10.1 Å². The number of rotatable bonds is 3. The van der Waals surface area contributed by atoms with Crippen molar-refractivity contribution in [1.82, 2.24) is 14.8 Å². The number of fused-ring (bicyclic) bond motifs is 1. The second-order valence-electron chi connectivity index (χ2n) is 5.92. The standard InChI is InChI=1S/C15H16FN3O2S/c16-12-9-13(10-5-2-1-3-6-10)19-14(12)17-15(18-19)22(20,21)11-7-4-8-11/h1-3,5-6,11-13H,4,7-9H2/t12-,13-/m0/s1. The molecule has 0 radical (unpaired) electrons. The molecule has 0 N–H and O–H groups in total. The largest absolute Gasteiger partial charge is 0.267 e. The number of hydrogen-bond acceptors (Lipinski definition) is 4. The maximum atomic E-state index is 14.2. The van der Waals surface area contributed by atoms with E-state index in [1.165, 1.54) is 4.68 Å². The van der Waals surface area contributed by atoms with Crippen LogP contribution in [0.2, 0.25) is 0 Å². The van der Waals surface area contributed by atoms with Gasteiger partial charge in [-0.2, -0.15) is 4.98 Å². The SMILES string of the molecule is O=S(=O)(c1nc2n(n1)[C@H](c1ccccc1)C[C@@H]2F)C1CCC1. The van der Waals surface area contributed by atoms with E-state index < -0.39 is 21.3 Å². The number of aromatic nitrogens is 3. The molecule has 5 nitrogen and oxygen atoms in total. The first kappa shape index (κ1) is 13.9. The molecule has 1 fully saturated rings. The van der Waals surface area contributed by atoms with Gasteiger partial charge in [-0.05, 0) is 18.4 Å². The summed E-state index contributed by atoms with van der Waals surface area (Å²) in [4.78, 5) is 4.01. The minimum absolute atomic E-state index is 0.131. The first-order valence-corrected chi connectivity index (χ1v) is 9.01. The van der Waals surface area contributed by atoms with E-state index in [1.807, 2.05) is 30.3 Å². The van der Waals surface area contributed by atoms with Gasteiger partial charge in [0.2, 0.25) is 9.84 Å². The molecule has 1 saturated carbocycles. The molecule has 22 heavy (non-hydrogen) atoms. The van der Waals surface area contributed by atoms with Gasteiger partial charge in [-0.25, -0.2) is 17.5 Å². The maximum Gasteiger partial charge on any atom is 0.267 e. The van der Waals surface area contributed by atoms with Crippen molar-refractivity contribution in [2.75, 3.05) is 0 Å². The van der Waals surface area contributed by atoms with Crippen LogP contribution in [0, 0.1) is 0 Å². The smallest absolute Gasteiger partial charge is 0.239 e. The number of alkyl halides is 1. The monoisotopic (exact) mass is 321 g/mol. The van der Waals surface area contributed by atoms with Gasteiger partial charge in [0.1, 0.15) is 0 Å². The van der Waals surface area contributed by atoms with Gasteiger partial charge in [-0.15, -0.1) is 5.10 Å². The van der Waals surface area contributed by atoms with Crippen LogP contribution >= 0.6 is 0 Å². The number of benzene rings is 1. The van der Waals surface area contributed by atoms with Crippen LogP contribution in [0.15, 0.2) is 35.5 Å². The molecule has 2 aliphatic rings. The molecule has 1 aromatic heterocycles. The Morgan fingerprint density at radius 2 is 1.91 bits per heavy atom. The third kappa shape index (κ3) is 1.99. The summed E-state index contributed by atoms with van der Waals surface area (Å²) in [6.45, 7) is 0. The van der Waals surface area contributed by atoms with Crippen molar-refractivity contribution in [2.24, 2.45) is 0 Å². The summed E-state index contributed by atoms with van der Waals surface area (Å²) in [5, 5.41) is 3.54. The van der Waals surface area contributed by atoms with Crippen molar-refractivity contribution in [3.05, 3.63) is 41.7 Å². The number of halogens is 1. The average Bonchev–Trinajstić information content (AvgIpc) is 2.99. The molecule has 2 atom stereocenters. The molecule has 0 spiro atoms. The number of hydrogen-bond donors (Lipinski definition) is 0. The lowest BCUT2D eigenvalue weighted by Gasteiger charge is -2.23. The first-order valence-electron chi connectivity index (χ1n) is 7.47. The van der Waals surface area contributed by atoms with Gasteiger partial charge >= 0.3 is 0 Å². The lowest BCUT2D eigenvalue weighted by Crippen LogP contribution is -2.29. The highest BCUT2D eigenvalue weighted by atomic mass is 32.2. The van der Waals surface area contributed by atoms with Crippen molar-refractivity contribution < 1.29 is 12.8 Å². The van der Waals surface area contributed by atoms with Crippen LogP contribution < -0.4 is 0 Å². The van der Waals surface area contributed by atoms with E-state index >= 15 is 0 Å². The zero-order valence-corrected chi connectivity index (χ0v) is 12.7. The van der Waals surface area contributed by atoms with Crippen LogP contribution in [-0.2, 0) is 9.84 Å². The van der Waals surface area contributed by atoms with Gasteiger partial charge in [-0.1, -0.05) is 36.8 Å². The van der Waals surface area contributed by atoms with E-state index in [9.17, 15) is 12.8 Å². The summed E-state index contributed by atoms with van der Waals surface area (Å²) in [6.07, 6.45) is 1.18. The van der Waals surface area contributed by atoms with Crippen molar-refractivity contribution in [3.63, 3.8) is 0 Å². The second kappa shape index (κ2) is 4.87. The second-order valence-corrected chi connectivity index (χ2v) is 8.05. The maximum absolute atomic E-state index is 14.2. The molecule has 116 valence electrons. The van der Waals surface area contributed by atoms with Crippen molar-refractivity contribution in [1.29, 1.82) is 0 Å². The van der Waals surface area contributed by atoms with Gasteiger partial charge in [0, 0.05) is 6.42 Å². The average molecular weight is 321 g/mol. The minimum atomic E-state index is -3.52. The van der Waals surface area contributed by atoms with E-state index in [4.69, 9.17) is 0 Å². The predicted molar refractivity (Wildman–Crippen MR) is 77.9 cm³/mol. The van der Waals surface area contributed by atoms with E-state index in [1.54, 1.807) is 0 Å². The minimum Gasteiger partial charge on any atom is -0.239 e. The molecular weight excluding hydrogens is 305 g/mol. The van der Waals surface area contributed by atoms with Crippen molar-refractivity contribution in [3.8, 4) is 0 Å². The Hall–Kier alpha value is -1.76. The Labute approximate surface area is 128 Å². The van der Waals surface area contributed by atoms with Crippen molar-refractivity contribution >= 4 is 9.84 Å². The quantitative estimate of drug-likeness (QED) is 0.871. The van der Waals surface area contributed by atoms with E-state index in [-0.39, 0.29) is 23.4 Å². The number of sulfone groups is 1. The number of nitrogens with zero attached hydrogens (tertiary/aromatic N) is 3. The molecular formula is C15H16FN3O2S. The molecule has 2 heterocycles. The highest BCUT2D eigenvalue weighted by molar-refractivity contribution is 7.91. The summed E-state index contributed by atoms with van der Waals surface area (Å²) < 4.78 is 40.5. The fourth-order valence-corrected chi connectivity index (χ4v) is 4.74.